The van der Waals surface area contributed by atoms with E-state index in [1.54, 1.807) is 0 Å². The van der Waals surface area contributed by atoms with Crippen molar-refractivity contribution in [2.75, 3.05) is 13.2 Å². The van der Waals surface area contributed by atoms with E-state index in [4.69, 9.17) is 9.47 Å². The Morgan fingerprint density at radius 3 is 0.878 bits per heavy atom. The average molecular weight is 1030 g/mol. The third-order valence-corrected chi connectivity index (χ3v) is 13.6. The molecular formula is C69H118O5. The van der Waals surface area contributed by atoms with Crippen molar-refractivity contribution in [3.63, 3.8) is 0 Å². The standard InChI is InChI=1S/C69H118O5/c1-3-5-7-9-11-13-15-17-19-21-23-25-27-28-29-30-31-32-33-34-35-36-37-38-39-40-42-44-46-48-50-52-54-56-58-60-62-64-69(72)74-67(65-70)66-73-68(71)63-61-59-57-55-53-51-49-47-45-43-41-26-24-22-20-18-16-14-12-10-8-6-4-2/h5,7,11,13,16-19,22-25,28-29,31-32,34-35,67,70H,3-4,6,8-10,12,14-15,20-21,26-27,30,33,36-66H2,1-2H3/b7-5-,13-11-,18-16-,19-17-,24-22-,25-23-,29-28-,32-31-,35-34-. The number of unbranched alkanes of at least 4 members (excludes halogenated alkanes) is 31. The number of carbonyl (C=O) groups is 2. The Kier molecular flexibility index (Phi) is 60.9. The topological polar surface area (TPSA) is 72.8 Å². The van der Waals surface area contributed by atoms with Gasteiger partial charge in [-0.25, -0.2) is 0 Å². The summed E-state index contributed by atoms with van der Waals surface area (Å²) in [4.78, 5) is 24.6. The Balaban J connectivity index is 3.49. The van der Waals surface area contributed by atoms with Crippen molar-refractivity contribution in [2.24, 2.45) is 0 Å². The van der Waals surface area contributed by atoms with Gasteiger partial charge in [-0.1, -0.05) is 290 Å². The molecule has 0 fully saturated rings. The average Bonchev–Trinajstić information content (AvgIpc) is 3.40. The largest absolute Gasteiger partial charge is 0.462 e. The molecule has 0 aliphatic heterocycles. The summed E-state index contributed by atoms with van der Waals surface area (Å²) in [6.45, 7) is 4.04. The third kappa shape index (κ3) is 61.1. The van der Waals surface area contributed by atoms with Gasteiger partial charge in [0.05, 0.1) is 6.61 Å². The number of hydrogen-bond acceptors (Lipinski definition) is 5. The summed E-state index contributed by atoms with van der Waals surface area (Å²) >= 11 is 0. The number of hydrogen-bond donors (Lipinski definition) is 1. The molecule has 0 radical (unpaired) electrons. The number of allylic oxidation sites excluding steroid dienone is 18. The van der Waals surface area contributed by atoms with Crippen LogP contribution in [0.15, 0.2) is 109 Å². The van der Waals surface area contributed by atoms with Crippen LogP contribution in [0.5, 0.6) is 0 Å². The van der Waals surface area contributed by atoms with Gasteiger partial charge in [-0.2, -0.15) is 0 Å². The van der Waals surface area contributed by atoms with E-state index in [1.807, 2.05) is 0 Å². The summed E-state index contributed by atoms with van der Waals surface area (Å²) in [5.41, 5.74) is 0. The highest BCUT2D eigenvalue weighted by Crippen LogP contribution is 2.16. The highest BCUT2D eigenvalue weighted by Gasteiger charge is 2.16. The lowest BCUT2D eigenvalue weighted by atomic mass is 10.0. The maximum Gasteiger partial charge on any atom is 0.306 e. The molecule has 0 aromatic carbocycles. The van der Waals surface area contributed by atoms with Gasteiger partial charge in [0.1, 0.15) is 6.61 Å². The lowest BCUT2D eigenvalue weighted by molar-refractivity contribution is -0.161. The van der Waals surface area contributed by atoms with Crippen LogP contribution in [0.3, 0.4) is 0 Å². The summed E-state index contributed by atoms with van der Waals surface area (Å²) in [5, 5.41) is 9.68. The molecule has 0 aromatic rings. The predicted molar refractivity (Wildman–Crippen MR) is 325 cm³/mol. The van der Waals surface area contributed by atoms with Gasteiger partial charge in [-0.3, -0.25) is 9.59 Å². The lowest BCUT2D eigenvalue weighted by Gasteiger charge is -2.15. The van der Waals surface area contributed by atoms with Crippen molar-refractivity contribution in [1.82, 2.24) is 0 Å². The molecule has 0 rings (SSSR count). The fourth-order valence-electron chi connectivity index (χ4n) is 8.86. The van der Waals surface area contributed by atoms with Crippen LogP contribution in [0.2, 0.25) is 0 Å². The first kappa shape index (κ1) is 70.6. The van der Waals surface area contributed by atoms with Crippen LogP contribution in [-0.2, 0) is 19.1 Å². The molecule has 0 spiro atoms. The minimum Gasteiger partial charge on any atom is -0.462 e. The zero-order valence-electron chi connectivity index (χ0n) is 48.6. The van der Waals surface area contributed by atoms with Gasteiger partial charge in [0.15, 0.2) is 6.10 Å². The molecule has 0 amide bonds. The van der Waals surface area contributed by atoms with Crippen LogP contribution < -0.4 is 0 Å². The highest BCUT2D eigenvalue weighted by molar-refractivity contribution is 5.70. The fraction of sp³-hybridized carbons (Fsp3) is 0.710. The van der Waals surface area contributed by atoms with Gasteiger partial charge < -0.3 is 14.6 Å². The molecule has 1 N–H and O–H groups in total. The normalized spacial score (nSPS) is 13.0. The van der Waals surface area contributed by atoms with Gasteiger partial charge in [0, 0.05) is 12.8 Å². The van der Waals surface area contributed by atoms with Gasteiger partial charge in [-0.15, -0.1) is 0 Å². The van der Waals surface area contributed by atoms with Gasteiger partial charge in [-0.05, 0) is 103 Å². The molecule has 5 nitrogen and oxygen atoms in total. The molecule has 0 heterocycles. The third-order valence-electron chi connectivity index (χ3n) is 13.6. The second kappa shape index (κ2) is 63.8. The summed E-state index contributed by atoms with van der Waals surface area (Å²) in [5.74, 6) is -0.587. The first-order valence-corrected chi connectivity index (χ1v) is 31.4. The minimum atomic E-state index is -0.779. The van der Waals surface area contributed by atoms with Crippen molar-refractivity contribution in [1.29, 1.82) is 0 Å². The van der Waals surface area contributed by atoms with Crippen molar-refractivity contribution in [2.45, 2.75) is 302 Å². The molecule has 0 aliphatic carbocycles. The Bertz CT molecular complexity index is 1440. The zero-order chi connectivity index (χ0) is 53.4. The fourth-order valence-corrected chi connectivity index (χ4v) is 8.86. The Morgan fingerprint density at radius 1 is 0.324 bits per heavy atom. The van der Waals surface area contributed by atoms with Gasteiger partial charge >= 0.3 is 11.9 Å². The minimum absolute atomic E-state index is 0.0690. The molecule has 74 heavy (non-hydrogen) atoms. The SMILES string of the molecule is CC/C=C\C/C=C\C/C=C\C/C=C\C/C=C\C/C=C\C/C=C\CCCCCCCCCCCCCCCCCC(=O)OC(CO)COC(=O)CCCCCCCCCCCCC/C=C\C/C=C\CCCCCCC. The van der Waals surface area contributed by atoms with Crippen LogP contribution in [-0.4, -0.2) is 36.4 Å². The van der Waals surface area contributed by atoms with Crippen molar-refractivity contribution >= 4 is 11.9 Å². The molecule has 0 saturated carbocycles. The van der Waals surface area contributed by atoms with Crippen LogP contribution in [0.4, 0.5) is 0 Å². The molecule has 0 aliphatic rings. The molecule has 0 aromatic heterocycles. The number of aliphatic hydroxyl groups is 1. The summed E-state index contributed by atoms with van der Waals surface area (Å²) < 4.78 is 10.7. The number of carbonyl (C=O) groups excluding carboxylic acids is 2. The number of rotatable bonds is 57. The highest BCUT2D eigenvalue weighted by atomic mass is 16.6. The molecule has 0 bridgehead atoms. The summed E-state index contributed by atoms with van der Waals surface area (Å²) in [6, 6.07) is 0. The first-order chi connectivity index (χ1) is 36.6. The van der Waals surface area contributed by atoms with E-state index in [0.29, 0.717) is 12.8 Å². The van der Waals surface area contributed by atoms with Crippen molar-refractivity contribution in [3.05, 3.63) is 109 Å². The van der Waals surface area contributed by atoms with E-state index in [0.717, 1.165) is 89.9 Å². The van der Waals surface area contributed by atoms with Crippen LogP contribution in [0.25, 0.3) is 0 Å². The van der Waals surface area contributed by atoms with Crippen LogP contribution in [0.1, 0.15) is 296 Å². The Hall–Kier alpha value is -3.44. The van der Waals surface area contributed by atoms with E-state index in [-0.39, 0.29) is 25.2 Å². The molecule has 1 atom stereocenters. The smallest absolute Gasteiger partial charge is 0.306 e. The van der Waals surface area contributed by atoms with E-state index >= 15 is 0 Å². The molecule has 5 heteroatoms. The Labute approximate surface area is 459 Å². The second-order valence-electron chi connectivity index (χ2n) is 20.8. The van der Waals surface area contributed by atoms with Gasteiger partial charge in [0.2, 0.25) is 0 Å². The lowest BCUT2D eigenvalue weighted by Crippen LogP contribution is -2.28. The number of aliphatic hydroxyl groups excluding tert-OH is 1. The molecule has 1 unspecified atom stereocenters. The summed E-state index contributed by atoms with van der Waals surface area (Å²) in [7, 11) is 0. The maximum absolute atomic E-state index is 12.3. The first-order valence-electron chi connectivity index (χ1n) is 31.4. The van der Waals surface area contributed by atoms with E-state index in [2.05, 4.69) is 123 Å². The monoisotopic (exact) mass is 1030 g/mol. The molecular weight excluding hydrogens is 909 g/mol. The number of ether oxygens (including phenoxy) is 2. The quantitative estimate of drug-likeness (QED) is 0.0373. The predicted octanol–water partition coefficient (Wildman–Crippen LogP) is 21.6. The number of esters is 2. The van der Waals surface area contributed by atoms with Crippen LogP contribution in [0, 0.1) is 0 Å². The molecule has 424 valence electrons. The van der Waals surface area contributed by atoms with E-state index in [1.165, 1.54) is 180 Å². The van der Waals surface area contributed by atoms with Gasteiger partial charge in [0.25, 0.3) is 0 Å². The maximum atomic E-state index is 12.3. The van der Waals surface area contributed by atoms with Crippen molar-refractivity contribution < 1.29 is 24.2 Å². The van der Waals surface area contributed by atoms with E-state index in [9.17, 15) is 14.7 Å². The van der Waals surface area contributed by atoms with Crippen LogP contribution >= 0.6 is 0 Å². The zero-order valence-corrected chi connectivity index (χ0v) is 48.6. The summed E-state index contributed by atoms with van der Waals surface area (Å²) in [6.07, 6.45) is 92.2. The second-order valence-corrected chi connectivity index (χ2v) is 20.8. The van der Waals surface area contributed by atoms with E-state index < -0.39 is 6.10 Å². The van der Waals surface area contributed by atoms with Crippen molar-refractivity contribution in [3.8, 4) is 0 Å². The Morgan fingerprint density at radius 2 is 0.581 bits per heavy atom. The molecule has 0 saturated heterocycles.